The minimum absolute atomic E-state index is 0.0195. The first-order valence-corrected chi connectivity index (χ1v) is 11.3. The Kier molecular flexibility index (Phi) is 6.99. The Hall–Kier alpha value is -2.02. The number of hydrogen-bond acceptors (Lipinski definition) is 5. The molecule has 2 heterocycles. The predicted octanol–water partition coefficient (Wildman–Crippen LogP) is 5.36. The molecule has 0 radical (unpaired) electrons. The third kappa shape index (κ3) is 4.87. The molecule has 4 nitrogen and oxygen atoms in total. The van der Waals surface area contributed by atoms with Gasteiger partial charge in [0.2, 0.25) is 0 Å². The minimum atomic E-state index is -0.0195. The standard InChI is InChI=1S/C22H27N3OS2/c1-5-24(6-2)11-12-25(20(26)10-9-18-8-7-13-27-18)22-23-21-17(4)14-16(3)15-19(21)28-22/h7-10,13-15H,5-6,11-12H2,1-4H3. The summed E-state index contributed by atoms with van der Waals surface area (Å²) in [6.45, 7) is 11.9. The fraction of sp³-hybridized carbons (Fsp3) is 0.364. The van der Waals surface area contributed by atoms with Gasteiger partial charge >= 0.3 is 0 Å². The monoisotopic (exact) mass is 413 g/mol. The van der Waals surface area contributed by atoms with Crippen molar-refractivity contribution in [3.05, 3.63) is 51.7 Å². The van der Waals surface area contributed by atoms with Crippen LogP contribution in [0, 0.1) is 13.8 Å². The van der Waals surface area contributed by atoms with E-state index >= 15 is 0 Å². The summed E-state index contributed by atoms with van der Waals surface area (Å²) in [4.78, 5) is 23.1. The molecule has 0 N–H and O–H groups in total. The molecule has 0 aliphatic rings. The number of benzene rings is 1. The molecule has 0 fully saturated rings. The number of thiazole rings is 1. The Morgan fingerprint density at radius 1 is 1.18 bits per heavy atom. The van der Waals surface area contributed by atoms with Crippen LogP contribution in [0.2, 0.25) is 0 Å². The zero-order valence-electron chi connectivity index (χ0n) is 16.9. The summed E-state index contributed by atoms with van der Waals surface area (Å²) >= 11 is 3.22. The first-order chi connectivity index (χ1) is 13.5. The van der Waals surface area contributed by atoms with Gasteiger partial charge in [0.05, 0.1) is 10.2 Å². The van der Waals surface area contributed by atoms with E-state index < -0.39 is 0 Å². The van der Waals surface area contributed by atoms with Gasteiger partial charge in [-0.3, -0.25) is 9.69 Å². The maximum absolute atomic E-state index is 13.0. The van der Waals surface area contributed by atoms with Crippen LogP contribution in [-0.4, -0.2) is 42.0 Å². The van der Waals surface area contributed by atoms with Crippen LogP contribution in [-0.2, 0) is 4.79 Å². The highest BCUT2D eigenvalue weighted by atomic mass is 32.1. The Morgan fingerprint density at radius 3 is 2.64 bits per heavy atom. The smallest absolute Gasteiger partial charge is 0.252 e. The third-order valence-corrected chi connectivity index (χ3v) is 6.65. The summed E-state index contributed by atoms with van der Waals surface area (Å²) in [7, 11) is 0. The number of nitrogens with zero attached hydrogens (tertiary/aromatic N) is 3. The highest BCUT2D eigenvalue weighted by Crippen LogP contribution is 2.32. The molecule has 28 heavy (non-hydrogen) atoms. The molecule has 6 heteroatoms. The summed E-state index contributed by atoms with van der Waals surface area (Å²) in [6.07, 6.45) is 3.55. The summed E-state index contributed by atoms with van der Waals surface area (Å²) in [5.74, 6) is -0.0195. The maximum atomic E-state index is 13.0. The predicted molar refractivity (Wildman–Crippen MR) is 123 cm³/mol. The average molecular weight is 414 g/mol. The van der Waals surface area contributed by atoms with Crippen molar-refractivity contribution in [1.29, 1.82) is 0 Å². The molecule has 0 saturated carbocycles. The summed E-state index contributed by atoms with van der Waals surface area (Å²) in [5.41, 5.74) is 3.37. The van der Waals surface area contributed by atoms with E-state index in [1.54, 1.807) is 28.7 Å². The molecule has 0 unspecified atom stereocenters. The van der Waals surface area contributed by atoms with Crippen molar-refractivity contribution in [3.63, 3.8) is 0 Å². The highest BCUT2D eigenvalue weighted by Gasteiger charge is 2.19. The molecule has 0 spiro atoms. The molecule has 1 aromatic carbocycles. The molecule has 1 amide bonds. The number of likely N-dealkylation sites (N-methyl/N-ethyl adjacent to an activating group) is 1. The zero-order chi connectivity index (χ0) is 20.1. The first-order valence-electron chi connectivity index (χ1n) is 9.65. The normalized spacial score (nSPS) is 11.8. The van der Waals surface area contributed by atoms with Crippen LogP contribution in [0.5, 0.6) is 0 Å². The Labute approximate surface area is 175 Å². The lowest BCUT2D eigenvalue weighted by molar-refractivity contribution is -0.114. The van der Waals surface area contributed by atoms with Gasteiger partial charge in [0, 0.05) is 24.0 Å². The number of rotatable bonds is 8. The van der Waals surface area contributed by atoms with E-state index in [1.807, 2.05) is 28.5 Å². The van der Waals surface area contributed by atoms with E-state index in [-0.39, 0.29) is 5.91 Å². The highest BCUT2D eigenvalue weighted by molar-refractivity contribution is 7.22. The van der Waals surface area contributed by atoms with E-state index in [2.05, 4.69) is 44.7 Å². The van der Waals surface area contributed by atoms with Gasteiger partial charge in [0.1, 0.15) is 0 Å². The molecule has 0 saturated heterocycles. The van der Waals surface area contributed by atoms with Gasteiger partial charge in [0.15, 0.2) is 5.13 Å². The Morgan fingerprint density at radius 2 is 1.96 bits per heavy atom. The zero-order valence-corrected chi connectivity index (χ0v) is 18.6. The number of carbonyl (C=O) groups is 1. The van der Waals surface area contributed by atoms with Gasteiger partial charge in [-0.1, -0.05) is 37.3 Å². The van der Waals surface area contributed by atoms with E-state index in [0.29, 0.717) is 6.54 Å². The van der Waals surface area contributed by atoms with Gasteiger partial charge in [-0.2, -0.15) is 0 Å². The summed E-state index contributed by atoms with van der Waals surface area (Å²) in [6, 6.07) is 8.30. The lowest BCUT2D eigenvalue weighted by Gasteiger charge is -2.23. The molecule has 0 bridgehead atoms. The Balaban J connectivity index is 1.90. The number of hydrogen-bond donors (Lipinski definition) is 0. The van der Waals surface area contributed by atoms with Crippen molar-refractivity contribution in [2.24, 2.45) is 0 Å². The SMILES string of the molecule is CCN(CC)CCN(C(=O)C=Cc1cccs1)c1nc2c(C)cc(C)cc2s1. The molecule has 0 atom stereocenters. The third-order valence-electron chi connectivity index (χ3n) is 4.78. The van der Waals surface area contributed by atoms with Crippen LogP contribution in [0.15, 0.2) is 35.7 Å². The lowest BCUT2D eigenvalue weighted by atomic mass is 10.1. The van der Waals surface area contributed by atoms with Crippen LogP contribution in [0.3, 0.4) is 0 Å². The fourth-order valence-electron chi connectivity index (χ4n) is 3.19. The van der Waals surface area contributed by atoms with Crippen molar-refractivity contribution in [2.45, 2.75) is 27.7 Å². The van der Waals surface area contributed by atoms with E-state index in [1.165, 1.54) is 5.56 Å². The van der Waals surface area contributed by atoms with Gasteiger partial charge in [-0.15, -0.1) is 11.3 Å². The molecule has 0 aliphatic heterocycles. The van der Waals surface area contributed by atoms with Crippen LogP contribution in [0.4, 0.5) is 5.13 Å². The molecule has 3 aromatic rings. The largest absolute Gasteiger partial charge is 0.302 e. The van der Waals surface area contributed by atoms with Gasteiger partial charge < -0.3 is 4.90 Å². The van der Waals surface area contributed by atoms with Crippen molar-refractivity contribution in [1.82, 2.24) is 9.88 Å². The van der Waals surface area contributed by atoms with Gasteiger partial charge in [-0.05, 0) is 61.7 Å². The Bertz CT molecular complexity index is 956. The quantitative estimate of drug-likeness (QED) is 0.466. The maximum Gasteiger partial charge on any atom is 0.252 e. The summed E-state index contributed by atoms with van der Waals surface area (Å²) in [5, 5.41) is 2.79. The van der Waals surface area contributed by atoms with Crippen molar-refractivity contribution in [2.75, 3.05) is 31.1 Å². The summed E-state index contributed by atoms with van der Waals surface area (Å²) < 4.78 is 1.13. The minimum Gasteiger partial charge on any atom is -0.302 e. The van der Waals surface area contributed by atoms with E-state index in [4.69, 9.17) is 4.98 Å². The second-order valence-corrected chi connectivity index (χ2v) is 8.78. The number of amides is 1. The number of aryl methyl sites for hydroxylation is 2. The second kappa shape index (κ2) is 9.45. The first kappa shape index (κ1) is 20.7. The molecular weight excluding hydrogens is 386 g/mol. The topological polar surface area (TPSA) is 36.4 Å². The van der Waals surface area contributed by atoms with Crippen LogP contribution in [0.1, 0.15) is 29.9 Å². The van der Waals surface area contributed by atoms with E-state index in [0.717, 1.165) is 45.4 Å². The number of aromatic nitrogens is 1. The van der Waals surface area contributed by atoms with Crippen molar-refractivity contribution < 1.29 is 4.79 Å². The molecule has 148 valence electrons. The van der Waals surface area contributed by atoms with Crippen LogP contribution >= 0.6 is 22.7 Å². The number of carbonyl (C=O) groups excluding carboxylic acids is 1. The second-order valence-electron chi connectivity index (χ2n) is 6.79. The number of fused-ring (bicyclic) bond motifs is 1. The van der Waals surface area contributed by atoms with Crippen LogP contribution < -0.4 is 4.90 Å². The van der Waals surface area contributed by atoms with Crippen molar-refractivity contribution >= 4 is 50.0 Å². The molecule has 2 aromatic heterocycles. The molecular formula is C22H27N3OS2. The molecule has 0 aliphatic carbocycles. The van der Waals surface area contributed by atoms with E-state index in [9.17, 15) is 4.79 Å². The molecule has 3 rings (SSSR count). The van der Waals surface area contributed by atoms with Gasteiger partial charge in [0.25, 0.3) is 5.91 Å². The fourth-order valence-corrected chi connectivity index (χ4v) is 4.98. The van der Waals surface area contributed by atoms with Crippen molar-refractivity contribution in [3.8, 4) is 0 Å². The number of anilines is 1. The number of thiophene rings is 1. The van der Waals surface area contributed by atoms with Crippen LogP contribution in [0.25, 0.3) is 16.3 Å². The average Bonchev–Trinajstić information content (AvgIpc) is 3.33. The lowest BCUT2D eigenvalue weighted by Crippen LogP contribution is -2.38. The van der Waals surface area contributed by atoms with Gasteiger partial charge in [-0.25, -0.2) is 4.98 Å².